The Morgan fingerprint density at radius 1 is 0.879 bits per heavy atom. The second kappa shape index (κ2) is 9.51. The Morgan fingerprint density at radius 2 is 1.45 bits per heavy atom. The van der Waals surface area contributed by atoms with Crippen molar-refractivity contribution in [3.8, 4) is 0 Å². The molecule has 0 amide bonds. The van der Waals surface area contributed by atoms with Gasteiger partial charge < -0.3 is 14.8 Å². The van der Waals surface area contributed by atoms with Crippen LogP contribution in [0.3, 0.4) is 0 Å². The van der Waals surface area contributed by atoms with Crippen LogP contribution >= 0.6 is 0 Å². The number of carboxylic acid groups (broad SMARTS) is 1. The van der Waals surface area contributed by atoms with Crippen molar-refractivity contribution in [2.24, 2.45) is 0 Å². The SMILES string of the molecule is O=C(O)C(=O)C=C(O)c1cc(Cc2ccc(F)cc2F)cn(Cc2ccc(F)cc2F)c1=O. The van der Waals surface area contributed by atoms with Crippen molar-refractivity contribution in [1.29, 1.82) is 0 Å². The van der Waals surface area contributed by atoms with Crippen molar-refractivity contribution in [2.75, 3.05) is 0 Å². The van der Waals surface area contributed by atoms with Crippen molar-refractivity contribution in [2.45, 2.75) is 13.0 Å². The van der Waals surface area contributed by atoms with E-state index in [1.807, 2.05) is 0 Å². The van der Waals surface area contributed by atoms with Gasteiger partial charge in [0.25, 0.3) is 11.3 Å². The fraction of sp³-hybridized carbons (Fsp3) is 0.0870. The van der Waals surface area contributed by atoms with Gasteiger partial charge in [-0.05, 0) is 29.3 Å². The third kappa shape index (κ3) is 5.53. The quantitative estimate of drug-likeness (QED) is 0.243. The molecule has 0 saturated carbocycles. The molecule has 0 saturated heterocycles. The molecule has 0 radical (unpaired) electrons. The van der Waals surface area contributed by atoms with Gasteiger partial charge in [-0.3, -0.25) is 9.59 Å². The van der Waals surface area contributed by atoms with E-state index >= 15 is 0 Å². The number of hydrogen-bond acceptors (Lipinski definition) is 4. The molecule has 0 aliphatic heterocycles. The van der Waals surface area contributed by atoms with Gasteiger partial charge in [0.05, 0.1) is 12.1 Å². The Labute approximate surface area is 183 Å². The number of carboxylic acids is 1. The topological polar surface area (TPSA) is 96.6 Å². The van der Waals surface area contributed by atoms with Crippen LogP contribution in [-0.2, 0) is 22.6 Å². The fourth-order valence-corrected chi connectivity index (χ4v) is 3.08. The highest BCUT2D eigenvalue weighted by atomic mass is 19.1. The number of aliphatic hydroxyl groups excluding tert-OH is 1. The van der Waals surface area contributed by atoms with Gasteiger partial charge in [0.1, 0.15) is 29.0 Å². The van der Waals surface area contributed by atoms with Crippen molar-refractivity contribution in [3.63, 3.8) is 0 Å². The minimum atomic E-state index is -1.88. The number of aliphatic hydroxyl groups is 1. The molecule has 3 rings (SSSR count). The average molecular weight is 461 g/mol. The Hall–Kier alpha value is -4.21. The number of aliphatic carboxylic acids is 1. The summed E-state index contributed by atoms with van der Waals surface area (Å²) in [4.78, 5) is 35.0. The average Bonchev–Trinajstić information content (AvgIpc) is 2.73. The molecule has 0 atom stereocenters. The third-order valence-corrected chi connectivity index (χ3v) is 4.66. The maximum absolute atomic E-state index is 14.1. The Bertz CT molecular complexity index is 1350. The molecular weight excluding hydrogens is 446 g/mol. The van der Waals surface area contributed by atoms with E-state index in [0.717, 1.165) is 28.8 Å². The summed E-state index contributed by atoms with van der Waals surface area (Å²) in [6, 6.07) is 6.64. The summed E-state index contributed by atoms with van der Waals surface area (Å²) in [5.74, 6) is -7.81. The number of nitrogens with zero attached hydrogens (tertiary/aromatic N) is 1. The summed E-state index contributed by atoms with van der Waals surface area (Å²) in [6.45, 7) is -0.419. The number of hydrogen-bond donors (Lipinski definition) is 2. The standard InChI is InChI=1S/C23H15F4NO5/c24-15-3-1-13(18(26)7-15)5-12-6-17(20(29)9-21(30)23(32)33)22(31)28(10-12)11-14-2-4-16(25)8-19(14)27/h1-4,6-10,29H,5,11H2,(H,32,33). The first kappa shape index (κ1) is 23.5. The summed E-state index contributed by atoms with van der Waals surface area (Å²) in [7, 11) is 0. The van der Waals surface area contributed by atoms with Gasteiger partial charge in [-0.1, -0.05) is 12.1 Å². The second-order valence-corrected chi connectivity index (χ2v) is 7.04. The van der Waals surface area contributed by atoms with Gasteiger partial charge in [-0.25, -0.2) is 22.4 Å². The molecule has 3 aromatic rings. The van der Waals surface area contributed by atoms with E-state index < -0.39 is 58.4 Å². The highest BCUT2D eigenvalue weighted by molar-refractivity contribution is 6.38. The van der Waals surface area contributed by atoms with Crippen LogP contribution < -0.4 is 5.56 Å². The van der Waals surface area contributed by atoms with Crippen LogP contribution in [0.25, 0.3) is 5.76 Å². The number of rotatable bonds is 7. The molecule has 0 fully saturated rings. The van der Waals surface area contributed by atoms with Gasteiger partial charge in [0.2, 0.25) is 0 Å². The van der Waals surface area contributed by atoms with Crippen molar-refractivity contribution in [3.05, 3.63) is 111 Å². The maximum atomic E-state index is 14.1. The van der Waals surface area contributed by atoms with Crippen LogP contribution in [0.5, 0.6) is 0 Å². The monoisotopic (exact) mass is 461 g/mol. The molecule has 0 spiro atoms. The minimum Gasteiger partial charge on any atom is -0.507 e. The maximum Gasteiger partial charge on any atom is 0.376 e. The van der Waals surface area contributed by atoms with Gasteiger partial charge in [-0.2, -0.15) is 0 Å². The minimum absolute atomic E-state index is 0.0330. The lowest BCUT2D eigenvalue weighted by Gasteiger charge is -2.13. The number of pyridine rings is 1. The normalized spacial score (nSPS) is 11.5. The summed E-state index contributed by atoms with van der Waals surface area (Å²) in [6.07, 6.45) is 1.36. The van der Waals surface area contributed by atoms with E-state index in [2.05, 4.69) is 0 Å². The van der Waals surface area contributed by atoms with Crippen LogP contribution in [0, 0.1) is 23.3 Å². The lowest BCUT2D eigenvalue weighted by molar-refractivity contribution is -0.146. The first-order valence-corrected chi connectivity index (χ1v) is 9.34. The van der Waals surface area contributed by atoms with E-state index in [0.29, 0.717) is 18.2 Å². The molecule has 0 aliphatic rings. The van der Waals surface area contributed by atoms with Gasteiger partial charge in [0.15, 0.2) is 0 Å². The fourth-order valence-electron chi connectivity index (χ4n) is 3.08. The molecule has 0 bridgehead atoms. The zero-order valence-corrected chi connectivity index (χ0v) is 16.7. The lowest BCUT2D eigenvalue weighted by atomic mass is 10.0. The third-order valence-electron chi connectivity index (χ3n) is 4.66. The van der Waals surface area contributed by atoms with Crippen molar-refractivity contribution in [1.82, 2.24) is 4.57 Å². The molecule has 6 nitrogen and oxygen atoms in total. The first-order chi connectivity index (χ1) is 15.5. The molecular formula is C23H15F4NO5. The van der Waals surface area contributed by atoms with Crippen LogP contribution in [0.2, 0.25) is 0 Å². The number of carbonyl (C=O) groups is 2. The molecule has 2 aromatic carbocycles. The molecule has 170 valence electrons. The van der Waals surface area contributed by atoms with E-state index in [1.54, 1.807) is 0 Å². The Kier molecular flexibility index (Phi) is 6.76. The largest absolute Gasteiger partial charge is 0.507 e. The van der Waals surface area contributed by atoms with Crippen LogP contribution in [0.1, 0.15) is 22.3 Å². The Morgan fingerprint density at radius 3 is 2.00 bits per heavy atom. The van der Waals surface area contributed by atoms with Gasteiger partial charge >= 0.3 is 5.97 Å². The summed E-state index contributed by atoms with van der Waals surface area (Å²) >= 11 is 0. The van der Waals surface area contributed by atoms with E-state index in [-0.39, 0.29) is 23.1 Å². The van der Waals surface area contributed by atoms with Crippen molar-refractivity contribution < 1.29 is 37.4 Å². The molecule has 0 aliphatic carbocycles. The number of carbonyl (C=O) groups excluding carboxylic acids is 1. The van der Waals surface area contributed by atoms with Crippen LogP contribution in [-0.4, -0.2) is 26.5 Å². The Balaban J connectivity index is 2.12. The molecule has 33 heavy (non-hydrogen) atoms. The van der Waals surface area contributed by atoms with E-state index in [1.165, 1.54) is 12.3 Å². The highest BCUT2D eigenvalue weighted by Gasteiger charge is 2.17. The predicted octanol–water partition coefficient (Wildman–Crippen LogP) is 3.60. The molecule has 1 heterocycles. The van der Waals surface area contributed by atoms with Crippen LogP contribution in [0.4, 0.5) is 17.6 Å². The number of halogens is 4. The highest BCUT2D eigenvalue weighted by Crippen LogP contribution is 2.18. The first-order valence-electron chi connectivity index (χ1n) is 9.34. The van der Waals surface area contributed by atoms with E-state index in [4.69, 9.17) is 5.11 Å². The molecule has 0 unspecified atom stereocenters. The summed E-state index contributed by atoms with van der Waals surface area (Å²) < 4.78 is 55.6. The second-order valence-electron chi connectivity index (χ2n) is 7.04. The molecule has 2 N–H and O–H groups in total. The zero-order chi connectivity index (χ0) is 24.3. The predicted molar refractivity (Wildman–Crippen MR) is 109 cm³/mol. The summed E-state index contributed by atoms with van der Waals surface area (Å²) in [5, 5.41) is 18.9. The zero-order valence-electron chi connectivity index (χ0n) is 16.7. The van der Waals surface area contributed by atoms with E-state index in [9.17, 15) is 37.1 Å². The number of ketones is 1. The smallest absolute Gasteiger partial charge is 0.376 e. The molecule has 10 heteroatoms. The number of benzene rings is 2. The summed E-state index contributed by atoms with van der Waals surface area (Å²) in [5.41, 5.74) is -1.29. The molecule has 1 aromatic heterocycles. The number of aromatic nitrogens is 1. The lowest BCUT2D eigenvalue weighted by Crippen LogP contribution is -2.25. The van der Waals surface area contributed by atoms with Gasteiger partial charge in [-0.15, -0.1) is 0 Å². The van der Waals surface area contributed by atoms with Crippen LogP contribution in [0.15, 0.2) is 59.5 Å². The van der Waals surface area contributed by atoms with Gasteiger partial charge in [0, 0.05) is 36.4 Å². The van der Waals surface area contributed by atoms with Crippen molar-refractivity contribution >= 4 is 17.5 Å².